The van der Waals surface area contributed by atoms with E-state index in [0.29, 0.717) is 5.11 Å². The number of rotatable bonds is 4. The Labute approximate surface area is 79.9 Å². The van der Waals surface area contributed by atoms with Gasteiger partial charge in [-0.15, -0.1) is 0 Å². The molecule has 0 unspecified atom stereocenters. The van der Waals surface area contributed by atoms with Crippen LogP contribution < -0.4 is 5.73 Å². The zero-order chi connectivity index (χ0) is 9.72. The number of hydrogen-bond acceptors (Lipinski definition) is 3. The molecule has 0 aliphatic rings. The maximum absolute atomic E-state index is 5.54. The lowest BCUT2D eigenvalue weighted by Gasteiger charge is -2.28. The predicted octanol–water partition coefficient (Wildman–Crippen LogP) is -0.430. The summed E-state index contributed by atoms with van der Waals surface area (Å²) in [6.07, 6.45) is 0. The van der Waals surface area contributed by atoms with Crippen molar-refractivity contribution < 1.29 is 0 Å². The topological polar surface area (TPSA) is 35.7 Å². The Hall–Kier alpha value is -0.390. The van der Waals surface area contributed by atoms with Gasteiger partial charge in [-0.3, -0.25) is 9.80 Å². The zero-order valence-corrected chi connectivity index (χ0v) is 9.06. The van der Waals surface area contributed by atoms with Crippen LogP contribution in [0.25, 0.3) is 0 Å². The molecule has 0 saturated carbocycles. The molecule has 0 radical (unpaired) electrons. The highest BCUT2D eigenvalue weighted by Crippen LogP contribution is 1.91. The van der Waals surface area contributed by atoms with Crippen molar-refractivity contribution in [3.63, 3.8) is 0 Å². The Morgan fingerprint density at radius 3 is 1.58 bits per heavy atom. The maximum atomic E-state index is 5.54. The fourth-order valence-electron chi connectivity index (χ4n) is 0.867. The summed E-state index contributed by atoms with van der Waals surface area (Å²) in [6, 6.07) is 0. The van der Waals surface area contributed by atoms with E-state index in [2.05, 4.69) is 0 Å². The summed E-state index contributed by atoms with van der Waals surface area (Å²) in [7, 11) is 7.95. The lowest BCUT2D eigenvalue weighted by Crippen LogP contribution is -2.45. The van der Waals surface area contributed by atoms with Gasteiger partial charge in [-0.05, 0) is 40.4 Å². The lowest BCUT2D eigenvalue weighted by molar-refractivity contribution is 0.191. The third-order valence-corrected chi connectivity index (χ3v) is 1.48. The van der Waals surface area contributed by atoms with Gasteiger partial charge >= 0.3 is 0 Å². The summed E-state index contributed by atoms with van der Waals surface area (Å²) < 4.78 is 0. The third-order valence-electron chi connectivity index (χ3n) is 1.22. The zero-order valence-electron chi connectivity index (χ0n) is 8.24. The van der Waals surface area contributed by atoms with Gasteiger partial charge in [0.25, 0.3) is 0 Å². The Morgan fingerprint density at radius 1 is 1.08 bits per heavy atom. The second kappa shape index (κ2) is 5.29. The Bertz CT molecular complexity index is 136. The van der Waals surface area contributed by atoms with E-state index in [9.17, 15) is 0 Å². The maximum Gasteiger partial charge on any atom is 0.168 e. The van der Waals surface area contributed by atoms with Crippen molar-refractivity contribution in [1.29, 1.82) is 0 Å². The van der Waals surface area contributed by atoms with Gasteiger partial charge in [0.2, 0.25) is 0 Å². The van der Waals surface area contributed by atoms with Crippen molar-refractivity contribution in [2.75, 3.05) is 41.5 Å². The van der Waals surface area contributed by atoms with Crippen molar-refractivity contribution in [2.45, 2.75) is 0 Å². The molecule has 0 aromatic carbocycles. The summed E-state index contributed by atoms with van der Waals surface area (Å²) in [5, 5.41) is 0.442. The van der Waals surface area contributed by atoms with E-state index < -0.39 is 0 Å². The molecule has 0 aromatic heterocycles. The first-order chi connectivity index (χ1) is 5.43. The fraction of sp³-hybridized carbons (Fsp3) is 0.857. The van der Waals surface area contributed by atoms with E-state index in [1.54, 1.807) is 0 Å². The molecular weight excluding hydrogens is 172 g/mol. The minimum absolute atomic E-state index is 0.442. The number of hydrogen-bond donors (Lipinski definition) is 1. The summed E-state index contributed by atoms with van der Waals surface area (Å²) in [6.45, 7) is 1.51. The SMILES string of the molecule is CN(C)CN(CN(C)C)C(N)=S. The molecule has 0 rings (SSSR count). The van der Waals surface area contributed by atoms with Gasteiger partial charge in [0.15, 0.2) is 5.11 Å². The molecule has 0 heterocycles. The average Bonchev–Trinajstić information content (AvgIpc) is 1.83. The van der Waals surface area contributed by atoms with Crippen LogP contribution >= 0.6 is 12.2 Å². The molecule has 72 valence electrons. The van der Waals surface area contributed by atoms with E-state index in [4.69, 9.17) is 18.0 Å². The predicted molar refractivity (Wildman–Crippen MR) is 55.7 cm³/mol. The van der Waals surface area contributed by atoms with Gasteiger partial charge in [0.05, 0.1) is 13.3 Å². The van der Waals surface area contributed by atoms with E-state index in [0.717, 1.165) is 13.3 Å². The second-order valence-electron chi connectivity index (χ2n) is 3.32. The minimum Gasteiger partial charge on any atom is -0.376 e. The van der Waals surface area contributed by atoms with Gasteiger partial charge in [-0.1, -0.05) is 0 Å². The summed E-state index contributed by atoms with van der Waals surface area (Å²) in [4.78, 5) is 5.99. The summed E-state index contributed by atoms with van der Waals surface area (Å²) in [5.41, 5.74) is 5.54. The number of nitrogens with zero attached hydrogens (tertiary/aromatic N) is 3. The molecular formula is C7H18N4S. The van der Waals surface area contributed by atoms with E-state index in [-0.39, 0.29) is 0 Å². The van der Waals surface area contributed by atoms with Gasteiger partial charge in [0, 0.05) is 0 Å². The van der Waals surface area contributed by atoms with Crippen LogP contribution in [-0.2, 0) is 0 Å². The van der Waals surface area contributed by atoms with Crippen molar-refractivity contribution in [2.24, 2.45) is 5.73 Å². The minimum atomic E-state index is 0.442. The molecule has 0 bridgehead atoms. The summed E-state index contributed by atoms with van der Waals surface area (Å²) >= 11 is 4.90. The second-order valence-corrected chi connectivity index (χ2v) is 3.74. The Balaban J connectivity index is 3.96. The first-order valence-electron chi connectivity index (χ1n) is 3.77. The average molecular weight is 190 g/mol. The molecule has 0 atom stereocenters. The lowest BCUT2D eigenvalue weighted by atomic mass is 10.7. The van der Waals surface area contributed by atoms with Crippen molar-refractivity contribution in [3.05, 3.63) is 0 Å². The number of thiocarbonyl (C=S) groups is 1. The highest BCUT2D eigenvalue weighted by atomic mass is 32.1. The van der Waals surface area contributed by atoms with Crippen molar-refractivity contribution in [1.82, 2.24) is 14.7 Å². The largest absolute Gasteiger partial charge is 0.376 e. The van der Waals surface area contributed by atoms with Gasteiger partial charge in [-0.25, -0.2) is 0 Å². The van der Waals surface area contributed by atoms with Crippen LogP contribution in [0.15, 0.2) is 0 Å². The van der Waals surface area contributed by atoms with Crippen LogP contribution in [0.2, 0.25) is 0 Å². The fourth-order valence-corrected chi connectivity index (χ4v) is 0.982. The molecule has 0 aliphatic carbocycles. The quantitative estimate of drug-likeness (QED) is 0.481. The van der Waals surface area contributed by atoms with Crippen LogP contribution in [0.5, 0.6) is 0 Å². The first-order valence-corrected chi connectivity index (χ1v) is 4.18. The monoisotopic (exact) mass is 190 g/mol. The molecule has 12 heavy (non-hydrogen) atoms. The molecule has 0 aliphatic heterocycles. The molecule has 0 amide bonds. The molecule has 0 aromatic rings. The van der Waals surface area contributed by atoms with Crippen LogP contribution in [-0.4, -0.2) is 61.3 Å². The smallest absolute Gasteiger partial charge is 0.168 e. The number of nitrogens with two attached hydrogens (primary N) is 1. The Kier molecular flexibility index (Phi) is 5.12. The molecule has 0 spiro atoms. The standard InChI is InChI=1S/C7H18N4S/c1-9(2)5-11(7(8)12)6-10(3)4/h5-6H2,1-4H3,(H2,8,12). The van der Waals surface area contributed by atoms with Crippen molar-refractivity contribution >= 4 is 17.3 Å². The molecule has 0 saturated heterocycles. The van der Waals surface area contributed by atoms with Gasteiger partial charge in [0.1, 0.15) is 0 Å². The third kappa shape index (κ3) is 5.29. The van der Waals surface area contributed by atoms with Crippen molar-refractivity contribution in [3.8, 4) is 0 Å². The Morgan fingerprint density at radius 2 is 1.42 bits per heavy atom. The molecule has 2 N–H and O–H groups in total. The first kappa shape index (κ1) is 11.6. The van der Waals surface area contributed by atoms with E-state index in [1.807, 2.05) is 42.9 Å². The van der Waals surface area contributed by atoms with Crippen LogP contribution in [0.1, 0.15) is 0 Å². The van der Waals surface area contributed by atoms with E-state index in [1.165, 1.54) is 0 Å². The molecule has 5 heteroatoms. The molecule has 0 fully saturated rings. The van der Waals surface area contributed by atoms with Crippen LogP contribution in [0.3, 0.4) is 0 Å². The highest BCUT2D eigenvalue weighted by Gasteiger charge is 2.07. The van der Waals surface area contributed by atoms with Gasteiger partial charge < -0.3 is 10.6 Å². The van der Waals surface area contributed by atoms with Crippen LogP contribution in [0, 0.1) is 0 Å². The van der Waals surface area contributed by atoms with E-state index >= 15 is 0 Å². The van der Waals surface area contributed by atoms with Crippen LogP contribution in [0.4, 0.5) is 0 Å². The van der Waals surface area contributed by atoms with Gasteiger partial charge in [-0.2, -0.15) is 0 Å². The summed E-state index contributed by atoms with van der Waals surface area (Å²) in [5.74, 6) is 0. The highest BCUT2D eigenvalue weighted by molar-refractivity contribution is 7.80. The normalized spacial score (nSPS) is 10.8. The molecule has 4 nitrogen and oxygen atoms in total.